The number of hydrogen-bond donors (Lipinski definition) is 1. The van der Waals surface area contributed by atoms with Crippen molar-refractivity contribution in [2.75, 3.05) is 26.0 Å². The van der Waals surface area contributed by atoms with E-state index in [-0.39, 0.29) is 0 Å². The van der Waals surface area contributed by atoms with Crippen LogP contribution in [0.2, 0.25) is 0 Å². The monoisotopic (exact) mass is 232 g/mol. The summed E-state index contributed by atoms with van der Waals surface area (Å²) in [6.45, 7) is 0.621. The molecule has 6 nitrogen and oxygen atoms in total. The Morgan fingerprint density at radius 2 is 1.94 bits per heavy atom. The molecule has 0 bridgehead atoms. The largest absolute Gasteiger partial charge is 0.378 e. The van der Waals surface area contributed by atoms with E-state index in [1.165, 1.54) is 4.80 Å². The molecule has 1 heterocycles. The van der Waals surface area contributed by atoms with Gasteiger partial charge in [-0.25, -0.2) is 0 Å². The van der Waals surface area contributed by atoms with Crippen LogP contribution in [0, 0.1) is 0 Å². The molecule has 1 aromatic heterocycles. The van der Waals surface area contributed by atoms with E-state index in [9.17, 15) is 0 Å². The van der Waals surface area contributed by atoms with Gasteiger partial charge in [-0.15, -0.1) is 15.0 Å². The molecule has 0 unspecified atom stereocenters. The SMILES string of the molecule is CNCc1nnn(-c2ccc(N(C)C)cc2)n1. The molecular formula is C11H16N6. The fourth-order valence-corrected chi connectivity index (χ4v) is 1.47. The summed E-state index contributed by atoms with van der Waals surface area (Å²) in [6.07, 6.45) is 0. The number of nitrogens with zero attached hydrogens (tertiary/aromatic N) is 5. The van der Waals surface area contributed by atoms with Gasteiger partial charge in [0.15, 0.2) is 5.82 Å². The van der Waals surface area contributed by atoms with Crippen LogP contribution < -0.4 is 10.2 Å². The van der Waals surface area contributed by atoms with Crippen molar-refractivity contribution in [3.63, 3.8) is 0 Å². The van der Waals surface area contributed by atoms with Crippen molar-refractivity contribution >= 4 is 5.69 Å². The van der Waals surface area contributed by atoms with E-state index in [4.69, 9.17) is 0 Å². The van der Waals surface area contributed by atoms with Crippen molar-refractivity contribution in [1.29, 1.82) is 0 Å². The summed E-state index contributed by atoms with van der Waals surface area (Å²) in [7, 11) is 5.87. The third-order valence-electron chi connectivity index (χ3n) is 2.39. The summed E-state index contributed by atoms with van der Waals surface area (Å²) in [4.78, 5) is 3.58. The molecule has 0 aliphatic carbocycles. The van der Waals surface area contributed by atoms with E-state index < -0.39 is 0 Å². The first-order chi connectivity index (χ1) is 8.20. The Bertz CT molecular complexity index is 473. The highest BCUT2D eigenvalue weighted by Gasteiger charge is 2.04. The standard InChI is InChI=1S/C11H16N6/c1-12-8-11-13-15-17(14-11)10-6-4-9(5-7-10)16(2)3/h4-7,12H,8H2,1-3H3. The Kier molecular flexibility index (Phi) is 3.34. The highest BCUT2D eigenvalue weighted by atomic mass is 15.6. The number of rotatable bonds is 4. The minimum atomic E-state index is 0.621. The maximum atomic E-state index is 4.26. The van der Waals surface area contributed by atoms with Crippen LogP contribution in [0.1, 0.15) is 5.82 Å². The maximum absolute atomic E-state index is 4.26. The van der Waals surface area contributed by atoms with Crippen LogP contribution in [-0.4, -0.2) is 41.4 Å². The van der Waals surface area contributed by atoms with E-state index in [1.54, 1.807) is 0 Å². The first-order valence-corrected chi connectivity index (χ1v) is 5.42. The van der Waals surface area contributed by atoms with Crippen LogP contribution in [0.25, 0.3) is 5.69 Å². The van der Waals surface area contributed by atoms with Gasteiger partial charge < -0.3 is 10.2 Å². The number of hydrogen-bond acceptors (Lipinski definition) is 5. The van der Waals surface area contributed by atoms with Crippen LogP contribution >= 0.6 is 0 Å². The predicted molar refractivity (Wildman–Crippen MR) is 66.2 cm³/mol. The lowest BCUT2D eigenvalue weighted by Crippen LogP contribution is -2.09. The Morgan fingerprint density at radius 3 is 2.53 bits per heavy atom. The minimum absolute atomic E-state index is 0.621. The summed E-state index contributed by atoms with van der Waals surface area (Å²) in [5.74, 6) is 0.684. The number of tetrazole rings is 1. The van der Waals surface area contributed by atoms with Gasteiger partial charge in [-0.1, -0.05) is 0 Å². The van der Waals surface area contributed by atoms with Gasteiger partial charge in [0.1, 0.15) is 0 Å². The fourth-order valence-electron chi connectivity index (χ4n) is 1.47. The van der Waals surface area contributed by atoms with Crippen LogP contribution in [0.4, 0.5) is 5.69 Å². The zero-order chi connectivity index (χ0) is 12.3. The van der Waals surface area contributed by atoms with Gasteiger partial charge in [0, 0.05) is 19.8 Å². The molecule has 0 saturated carbocycles. The molecule has 0 saturated heterocycles. The summed E-state index contributed by atoms with van der Waals surface area (Å²) < 4.78 is 0. The Labute approximate surface area is 100 Å². The van der Waals surface area contributed by atoms with Gasteiger partial charge in [-0.3, -0.25) is 0 Å². The van der Waals surface area contributed by atoms with Gasteiger partial charge in [-0.2, -0.15) is 0 Å². The molecule has 1 N–H and O–H groups in total. The molecule has 0 aliphatic heterocycles. The molecule has 2 aromatic rings. The van der Waals surface area contributed by atoms with Crippen LogP contribution in [0.3, 0.4) is 0 Å². The topological polar surface area (TPSA) is 58.9 Å². The van der Waals surface area contributed by atoms with E-state index >= 15 is 0 Å². The van der Waals surface area contributed by atoms with Crippen molar-refractivity contribution < 1.29 is 0 Å². The highest BCUT2D eigenvalue weighted by molar-refractivity contribution is 5.49. The molecule has 17 heavy (non-hydrogen) atoms. The number of nitrogens with one attached hydrogen (secondary N) is 1. The summed E-state index contributed by atoms with van der Waals surface area (Å²) in [5.41, 5.74) is 2.05. The van der Waals surface area contributed by atoms with Gasteiger partial charge in [-0.05, 0) is 36.5 Å². The second-order valence-electron chi connectivity index (χ2n) is 3.94. The van der Waals surface area contributed by atoms with Crippen molar-refractivity contribution in [3.05, 3.63) is 30.1 Å². The summed E-state index contributed by atoms with van der Waals surface area (Å²) in [6, 6.07) is 7.99. The Hall–Kier alpha value is -1.95. The zero-order valence-electron chi connectivity index (χ0n) is 10.3. The van der Waals surface area contributed by atoms with E-state index in [1.807, 2.05) is 50.3 Å². The van der Waals surface area contributed by atoms with Crippen molar-refractivity contribution in [1.82, 2.24) is 25.5 Å². The molecule has 0 radical (unpaired) electrons. The van der Waals surface area contributed by atoms with Crippen molar-refractivity contribution in [2.45, 2.75) is 6.54 Å². The van der Waals surface area contributed by atoms with Gasteiger partial charge in [0.25, 0.3) is 0 Å². The third kappa shape index (κ3) is 2.59. The molecule has 2 rings (SSSR count). The van der Waals surface area contributed by atoms with E-state index in [0.717, 1.165) is 11.4 Å². The minimum Gasteiger partial charge on any atom is -0.378 e. The van der Waals surface area contributed by atoms with Gasteiger partial charge in [0.05, 0.1) is 12.2 Å². The van der Waals surface area contributed by atoms with Crippen molar-refractivity contribution in [2.24, 2.45) is 0 Å². The lowest BCUT2D eigenvalue weighted by molar-refractivity contribution is 0.711. The second-order valence-corrected chi connectivity index (χ2v) is 3.94. The average molecular weight is 232 g/mol. The zero-order valence-corrected chi connectivity index (χ0v) is 10.3. The van der Waals surface area contributed by atoms with Crippen LogP contribution in [0.15, 0.2) is 24.3 Å². The highest BCUT2D eigenvalue weighted by Crippen LogP contribution is 2.13. The lowest BCUT2D eigenvalue weighted by Gasteiger charge is -2.12. The molecule has 6 heteroatoms. The second kappa shape index (κ2) is 4.92. The molecule has 0 amide bonds. The van der Waals surface area contributed by atoms with E-state index in [2.05, 4.69) is 20.7 Å². The molecule has 0 atom stereocenters. The average Bonchev–Trinajstić information content (AvgIpc) is 2.78. The summed E-state index contributed by atoms with van der Waals surface area (Å²) >= 11 is 0. The summed E-state index contributed by atoms with van der Waals surface area (Å²) in [5, 5.41) is 15.2. The third-order valence-corrected chi connectivity index (χ3v) is 2.39. The first kappa shape index (κ1) is 11.5. The molecule has 0 spiro atoms. The number of anilines is 1. The molecule has 1 aromatic carbocycles. The molecular weight excluding hydrogens is 216 g/mol. The Morgan fingerprint density at radius 1 is 1.24 bits per heavy atom. The van der Waals surface area contributed by atoms with E-state index in [0.29, 0.717) is 12.4 Å². The molecule has 0 aliphatic rings. The van der Waals surface area contributed by atoms with Gasteiger partial charge in [0.2, 0.25) is 0 Å². The first-order valence-electron chi connectivity index (χ1n) is 5.42. The number of benzene rings is 1. The smallest absolute Gasteiger partial charge is 0.188 e. The van der Waals surface area contributed by atoms with Gasteiger partial charge >= 0.3 is 0 Å². The Balaban J connectivity index is 2.21. The number of aromatic nitrogens is 4. The predicted octanol–water partition coefficient (Wildman–Crippen LogP) is 0.448. The quantitative estimate of drug-likeness (QED) is 0.829. The molecule has 0 fully saturated rings. The van der Waals surface area contributed by atoms with Crippen LogP contribution in [-0.2, 0) is 6.54 Å². The fraction of sp³-hybridized carbons (Fsp3) is 0.364. The molecule has 90 valence electrons. The lowest BCUT2D eigenvalue weighted by atomic mass is 10.3. The van der Waals surface area contributed by atoms with Crippen LogP contribution in [0.5, 0.6) is 0 Å². The normalized spacial score (nSPS) is 10.5. The van der Waals surface area contributed by atoms with Crippen molar-refractivity contribution in [3.8, 4) is 5.69 Å². The maximum Gasteiger partial charge on any atom is 0.188 e.